The van der Waals surface area contributed by atoms with Gasteiger partial charge in [-0.05, 0) is 55.5 Å². The van der Waals surface area contributed by atoms with Gasteiger partial charge in [0, 0.05) is 16.8 Å². The van der Waals surface area contributed by atoms with E-state index in [-0.39, 0.29) is 5.91 Å². The molecule has 1 amide bonds. The van der Waals surface area contributed by atoms with E-state index in [4.69, 9.17) is 9.47 Å². The minimum absolute atomic E-state index is 0.255. The summed E-state index contributed by atoms with van der Waals surface area (Å²) in [6.07, 6.45) is -0.650. The third-order valence-corrected chi connectivity index (χ3v) is 4.19. The molecular weight excluding hydrogens is 378 g/mol. The first-order valence-corrected chi connectivity index (χ1v) is 9.38. The molecule has 5 heteroatoms. The molecule has 0 aromatic heterocycles. The Morgan fingerprint density at radius 3 is 2.23 bits per heavy atom. The molecule has 0 aliphatic heterocycles. The number of anilines is 1. The maximum atomic E-state index is 12.4. The van der Waals surface area contributed by atoms with Crippen molar-refractivity contribution in [3.63, 3.8) is 0 Å². The summed E-state index contributed by atoms with van der Waals surface area (Å²) in [7, 11) is 1.34. The number of esters is 1. The van der Waals surface area contributed by atoms with Crippen LogP contribution in [0.1, 0.15) is 28.4 Å². The summed E-state index contributed by atoms with van der Waals surface area (Å²) in [5.74, 6) is 6.04. The van der Waals surface area contributed by atoms with Crippen molar-refractivity contribution in [2.24, 2.45) is 0 Å². The molecule has 3 aromatic rings. The Morgan fingerprint density at radius 2 is 1.53 bits per heavy atom. The van der Waals surface area contributed by atoms with E-state index >= 15 is 0 Å². The van der Waals surface area contributed by atoms with Crippen LogP contribution in [0.3, 0.4) is 0 Å². The fourth-order valence-electron chi connectivity index (χ4n) is 2.66. The number of carbonyl (C=O) groups is 2. The number of para-hydroxylation sites is 1. The number of nitrogens with one attached hydrogen (secondary N) is 1. The van der Waals surface area contributed by atoms with Gasteiger partial charge in [0.1, 0.15) is 5.75 Å². The van der Waals surface area contributed by atoms with Gasteiger partial charge in [0.15, 0.2) is 6.10 Å². The van der Waals surface area contributed by atoms with Crippen LogP contribution in [-0.4, -0.2) is 25.1 Å². The molecule has 0 spiro atoms. The van der Waals surface area contributed by atoms with Gasteiger partial charge in [-0.15, -0.1) is 0 Å². The first-order chi connectivity index (χ1) is 14.5. The molecule has 30 heavy (non-hydrogen) atoms. The lowest BCUT2D eigenvalue weighted by Crippen LogP contribution is -2.30. The van der Waals surface area contributed by atoms with Crippen LogP contribution in [0.25, 0.3) is 0 Å². The first kappa shape index (κ1) is 20.7. The van der Waals surface area contributed by atoms with E-state index in [1.807, 2.05) is 36.4 Å². The lowest BCUT2D eigenvalue weighted by Gasteiger charge is -2.14. The van der Waals surface area contributed by atoms with Crippen molar-refractivity contribution in [1.82, 2.24) is 0 Å². The Balaban J connectivity index is 1.67. The zero-order chi connectivity index (χ0) is 21.3. The van der Waals surface area contributed by atoms with Crippen molar-refractivity contribution in [2.75, 3.05) is 12.4 Å². The number of ether oxygens (including phenoxy) is 2. The second-order valence-corrected chi connectivity index (χ2v) is 6.47. The molecule has 0 aliphatic carbocycles. The molecule has 0 fully saturated rings. The van der Waals surface area contributed by atoms with Crippen LogP contribution in [0.2, 0.25) is 0 Å². The van der Waals surface area contributed by atoms with Crippen molar-refractivity contribution in [3.8, 4) is 17.6 Å². The van der Waals surface area contributed by atoms with Crippen LogP contribution in [-0.2, 0) is 9.53 Å². The number of benzene rings is 3. The van der Waals surface area contributed by atoms with Crippen LogP contribution in [0.4, 0.5) is 5.69 Å². The zero-order valence-corrected chi connectivity index (χ0v) is 16.7. The molecule has 1 N–H and O–H groups in total. The Hall–Kier alpha value is -4.04. The molecule has 0 bridgehead atoms. The highest BCUT2D eigenvalue weighted by Crippen LogP contribution is 2.14. The van der Waals surface area contributed by atoms with Crippen molar-refractivity contribution >= 4 is 17.6 Å². The highest BCUT2D eigenvalue weighted by molar-refractivity contribution is 5.94. The van der Waals surface area contributed by atoms with E-state index < -0.39 is 12.1 Å². The fourth-order valence-corrected chi connectivity index (χ4v) is 2.66. The van der Waals surface area contributed by atoms with Crippen molar-refractivity contribution < 1.29 is 19.1 Å². The van der Waals surface area contributed by atoms with E-state index in [1.165, 1.54) is 7.11 Å². The zero-order valence-electron chi connectivity index (χ0n) is 16.7. The highest BCUT2D eigenvalue weighted by atomic mass is 16.5. The third-order valence-electron chi connectivity index (χ3n) is 4.19. The molecule has 0 radical (unpaired) electrons. The Bertz CT molecular complexity index is 1100. The standard InChI is InChI=1S/C25H21NO4/c1-18(30-23-12-4-3-5-13-23)24(27)26-22-11-7-9-20(17-22)15-14-19-8-6-10-21(16-19)25(28)29-2/h3-13,16-18H,1-2H3,(H,26,27)/t18-/m1/s1. The molecule has 0 saturated carbocycles. The maximum absolute atomic E-state index is 12.4. The lowest BCUT2D eigenvalue weighted by molar-refractivity contribution is -0.122. The lowest BCUT2D eigenvalue weighted by atomic mass is 10.1. The molecule has 3 rings (SSSR count). The van der Waals surface area contributed by atoms with Crippen molar-refractivity contribution in [1.29, 1.82) is 0 Å². The van der Waals surface area contributed by atoms with Crippen molar-refractivity contribution in [2.45, 2.75) is 13.0 Å². The number of methoxy groups -OCH3 is 1. The molecule has 0 heterocycles. The SMILES string of the molecule is COC(=O)c1cccc(C#Cc2cccc(NC(=O)[C@@H](C)Oc3ccccc3)c2)c1. The largest absolute Gasteiger partial charge is 0.481 e. The van der Waals surface area contributed by atoms with Gasteiger partial charge in [0.2, 0.25) is 0 Å². The minimum atomic E-state index is -0.650. The van der Waals surface area contributed by atoms with Gasteiger partial charge >= 0.3 is 5.97 Å². The average molecular weight is 399 g/mol. The van der Waals surface area contributed by atoms with Gasteiger partial charge in [-0.2, -0.15) is 0 Å². The van der Waals surface area contributed by atoms with Crippen LogP contribution in [0.15, 0.2) is 78.9 Å². The van der Waals surface area contributed by atoms with Crippen LogP contribution < -0.4 is 10.1 Å². The van der Waals surface area contributed by atoms with Gasteiger partial charge in [0.05, 0.1) is 12.7 Å². The Kier molecular flexibility index (Phi) is 6.86. The van der Waals surface area contributed by atoms with Crippen LogP contribution in [0.5, 0.6) is 5.75 Å². The number of hydrogen-bond acceptors (Lipinski definition) is 4. The Labute approximate surface area is 175 Å². The fraction of sp³-hybridized carbons (Fsp3) is 0.120. The molecule has 150 valence electrons. The molecule has 5 nitrogen and oxygen atoms in total. The van der Waals surface area contributed by atoms with Gasteiger partial charge < -0.3 is 14.8 Å². The number of amides is 1. The quantitative estimate of drug-likeness (QED) is 0.514. The highest BCUT2D eigenvalue weighted by Gasteiger charge is 2.14. The Morgan fingerprint density at radius 1 is 0.867 bits per heavy atom. The summed E-state index contributed by atoms with van der Waals surface area (Å²) in [5, 5.41) is 2.84. The van der Waals surface area contributed by atoms with Crippen molar-refractivity contribution in [3.05, 3.63) is 95.6 Å². The summed E-state index contributed by atoms with van der Waals surface area (Å²) >= 11 is 0. The van der Waals surface area contributed by atoms with Crippen LogP contribution >= 0.6 is 0 Å². The molecular formula is C25H21NO4. The second-order valence-electron chi connectivity index (χ2n) is 6.47. The minimum Gasteiger partial charge on any atom is -0.481 e. The van der Waals surface area contributed by atoms with E-state index in [0.29, 0.717) is 22.6 Å². The summed E-state index contributed by atoms with van der Waals surface area (Å²) in [4.78, 5) is 24.1. The molecule has 0 saturated heterocycles. The predicted octanol–water partition coefficient (Wildman–Crippen LogP) is 4.28. The summed E-state index contributed by atoms with van der Waals surface area (Å²) in [6.45, 7) is 1.69. The van der Waals surface area contributed by atoms with Gasteiger partial charge in [0.25, 0.3) is 5.91 Å². The number of rotatable bonds is 5. The van der Waals surface area contributed by atoms with Crippen LogP contribution in [0, 0.1) is 11.8 Å². The topological polar surface area (TPSA) is 64.6 Å². The molecule has 0 unspecified atom stereocenters. The van der Waals surface area contributed by atoms with Gasteiger partial charge in [-0.25, -0.2) is 4.79 Å². The summed E-state index contributed by atoms with van der Waals surface area (Å²) < 4.78 is 10.4. The van der Waals surface area contributed by atoms with E-state index in [2.05, 4.69) is 17.2 Å². The first-order valence-electron chi connectivity index (χ1n) is 9.38. The number of carbonyl (C=O) groups excluding carboxylic acids is 2. The predicted molar refractivity (Wildman–Crippen MR) is 115 cm³/mol. The van der Waals surface area contributed by atoms with E-state index in [1.54, 1.807) is 49.4 Å². The van der Waals surface area contributed by atoms with E-state index in [0.717, 1.165) is 5.56 Å². The normalized spacial score (nSPS) is 10.9. The van der Waals surface area contributed by atoms with Gasteiger partial charge in [-0.3, -0.25) is 4.79 Å². The summed E-state index contributed by atoms with van der Waals surface area (Å²) in [5.41, 5.74) is 2.49. The second kappa shape index (κ2) is 9.94. The monoisotopic (exact) mass is 399 g/mol. The summed E-state index contributed by atoms with van der Waals surface area (Å²) in [6, 6.07) is 23.3. The molecule has 3 aromatic carbocycles. The van der Waals surface area contributed by atoms with E-state index in [9.17, 15) is 9.59 Å². The average Bonchev–Trinajstić information content (AvgIpc) is 2.78. The number of hydrogen-bond donors (Lipinski definition) is 1. The van der Waals surface area contributed by atoms with Gasteiger partial charge in [-0.1, -0.05) is 42.2 Å². The maximum Gasteiger partial charge on any atom is 0.337 e. The molecule has 1 atom stereocenters. The third kappa shape index (κ3) is 5.73. The molecule has 0 aliphatic rings. The smallest absolute Gasteiger partial charge is 0.337 e.